The Bertz CT molecular complexity index is 1910. The molecule has 0 spiro atoms. The van der Waals surface area contributed by atoms with E-state index in [-0.39, 0.29) is 25.7 Å². The number of rotatable bonds is 81. The standard InChI is InChI=1S/C81H158O17P2/c1-6-9-12-15-18-21-24-27-35-40-45-50-55-60-65-79(84)92-71-77(98-81(86)67-62-57-52-47-42-37-32-30-29-31-34-38-43-48-53-58-63-74(4)5)73-96-100(89,90)94-69-75(82)68-93-99(87,88)95-72-76(70-91-78(83)64-59-54-49-44-39-33-26-23-20-17-14-11-8-3)97-80(85)66-61-56-51-46-41-36-28-25-22-19-16-13-10-7-2/h74-77,82H,6-73H2,1-5H3,(H,87,88)(H,89,90)/t75-,76+,77+/m0/s1. The Morgan fingerprint density at radius 2 is 0.460 bits per heavy atom. The normalized spacial score (nSPS) is 13.8. The fraction of sp³-hybridized carbons (Fsp3) is 0.951. The SMILES string of the molecule is CCCCCCCCCCCCCCCCC(=O)OC[C@H](COP(=O)(O)OC[C@@H](O)COP(=O)(O)OC[C@@H](COC(=O)CCCCCCCCCCCCCCC)OC(=O)CCCCCCCCCCCCCCCC)OC(=O)CCCCCCCCCCCCCCCCCCC(C)C. The molecule has 0 aliphatic heterocycles. The van der Waals surface area contributed by atoms with Crippen LogP contribution >= 0.6 is 15.6 Å². The summed E-state index contributed by atoms with van der Waals surface area (Å²) >= 11 is 0. The quantitative estimate of drug-likeness (QED) is 0.0222. The van der Waals surface area contributed by atoms with Gasteiger partial charge in [0.2, 0.25) is 0 Å². The second-order valence-electron chi connectivity index (χ2n) is 29.6. The molecule has 0 aromatic heterocycles. The molecule has 0 bridgehead atoms. The molecule has 19 heteroatoms. The van der Waals surface area contributed by atoms with Gasteiger partial charge in [0.1, 0.15) is 19.3 Å². The van der Waals surface area contributed by atoms with E-state index in [0.29, 0.717) is 25.7 Å². The molecule has 594 valence electrons. The fourth-order valence-corrected chi connectivity index (χ4v) is 14.2. The van der Waals surface area contributed by atoms with E-state index in [1.165, 1.54) is 257 Å². The number of phosphoric acid groups is 2. The zero-order chi connectivity index (χ0) is 73.4. The summed E-state index contributed by atoms with van der Waals surface area (Å²) in [6.45, 7) is 7.37. The topological polar surface area (TPSA) is 237 Å². The molecule has 2 unspecified atom stereocenters. The highest BCUT2D eigenvalue weighted by Gasteiger charge is 2.30. The summed E-state index contributed by atoms with van der Waals surface area (Å²) in [5.74, 6) is -1.29. The summed E-state index contributed by atoms with van der Waals surface area (Å²) in [6.07, 6.45) is 65.0. The first-order chi connectivity index (χ1) is 48.5. The largest absolute Gasteiger partial charge is 0.472 e. The minimum absolute atomic E-state index is 0.109. The number of aliphatic hydroxyl groups excluding tert-OH is 1. The monoisotopic (exact) mass is 1470 g/mol. The molecule has 0 saturated heterocycles. The zero-order valence-corrected chi connectivity index (χ0v) is 67.1. The average molecular weight is 1470 g/mol. The van der Waals surface area contributed by atoms with E-state index >= 15 is 0 Å². The lowest BCUT2D eigenvalue weighted by Crippen LogP contribution is -2.30. The Kier molecular flexibility index (Phi) is 72.5. The van der Waals surface area contributed by atoms with E-state index in [1.807, 2.05) is 0 Å². The van der Waals surface area contributed by atoms with Crippen LogP contribution in [0.2, 0.25) is 0 Å². The molecule has 0 aliphatic carbocycles. The van der Waals surface area contributed by atoms with E-state index in [0.717, 1.165) is 95.8 Å². The third kappa shape index (κ3) is 74.3. The highest BCUT2D eigenvalue weighted by molar-refractivity contribution is 7.47. The summed E-state index contributed by atoms with van der Waals surface area (Å²) in [4.78, 5) is 73.1. The van der Waals surface area contributed by atoms with Crippen LogP contribution in [-0.4, -0.2) is 96.7 Å². The summed E-state index contributed by atoms with van der Waals surface area (Å²) < 4.78 is 68.8. The van der Waals surface area contributed by atoms with E-state index in [2.05, 4.69) is 34.6 Å². The van der Waals surface area contributed by atoms with Crippen LogP contribution in [0.3, 0.4) is 0 Å². The number of esters is 4. The Labute approximate surface area is 613 Å². The van der Waals surface area contributed by atoms with Gasteiger partial charge in [0.05, 0.1) is 26.4 Å². The van der Waals surface area contributed by atoms with Crippen LogP contribution in [0, 0.1) is 5.92 Å². The highest BCUT2D eigenvalue weighted by atomic mass is 31.2. The van der Waals surface area contributed by atoms with Crippen LogP contribution < -0.4 is 0 Å². The number of unbranched alkanes of at least 4 members (excludes halogenated alkanes) is 53. The Balaban J connectivity index is 5.25. The lowest BCUT2D eigenvalue weighted by Gasteiger charge is -2.21. The van der Waals surface area contributed by atoms with Gasteiger partial charge in [-0.3, -0.25) is 37.3 Å². The van der Waals surface area contributed by atoms with Crippen molar-refractivity contribution >= 4 is 39.5 Å². The second-order valence-corrected chi connectivity index (χ2v) is 32.5. The maximum Gasteiger partial charge on any atom is 0.472 e. The molecule has 0 aliphatic rings. The lowest BCUT2D eigenvalue weighted by atomic mass is 10.0. The van der Waals surface area contributed by atoms with Gasteiger partial charge in [0, 0.05) is 25.7 Å². The summed E-state index contributed by atoms with van der Waals surface area (Å²) in [5.41, 5.74) is 0. The first kappa shape index (κ1) is 98.1. The smallest absolute Gasteiger partial charge is 0.462 e. The molecule has 0 fully saturated rings. The maximum absolute atomic E-state index is 13.1. The predicted molar refractivity (Wildman–Crippen MR) is 409 cm³/mol. The molecule has 0 radical (unpaired) electrons. The van der Waals surface area contributed by atoms with Crippen molar-refractivity contribution in [2.75, 3.05) is 39.6 Å². The molecule has 0 amide bonds. The summed E-state index contributed by atoms with van der Waals surface area (Å²) in [5, 5.41) is 10.6. The van der Waals surface area contributed by atoms with Gasteiger partial charge < -0.3 is 33.8 Å². The van der Waals surface area contributed by atoms with Crippen molar-refractivity contribution in [1.29, 1.82) is 0 Å². The summed E-state index contributed by atoms with van der Waals surface area (Å²) in [7, 11) is -9.92. The predicted octanol–water partition coefficient (Wildman–Crippen LogP) is 24.4. The van der Waals surface area contributed by atoms with Crippen LogP contribution in [0.5, 0.6) is 0 Å². The van der Waals surface area contributed by atoms with E-state index in [4.69, 9.17) is 37.0 Å². The number of hydrogen-bond donors (Lipinski definition) is 3. The van der Waals surface area contributed by atoms with Crippen LogP contribution in [0.1, 0.15) is 433 Å². The van der Waals surface area contributed by atoms with Crippen molar-refractivity contribution < 1.29 is 80.2 Å². The third-order valence-corrected chi connectivity index (χ3v) is 20.9. The van der Waals surface area contributed by atoms with Crippen molar-refractivity contribution in [3.8, 4) is 0 Å². The molecule has 5 atom stereocenters. The minimum Gasteiger partial charge on any atom is -0.462 e. The molecular weight excluding hydrogens is 1310 g/mol. The molecule has 0 aromatic carbocycles. The van der Waals surface area contributed by atoms with Crippen LogP contribution in [0.15, 0.2) is 0 Å². The first-order valence-electron chi connectivity index (χ1n) is 42.1. The molecule has 100 heavy (non-hydrogen) atoms. The molecule has 3 N–H and O–H groups in total. The number of carbonyl (C=O) groups excluding carboxylic acids is 4. The van der Waals surface area contributed by atoms with E-state index in [1.54, 1.807) is 0 Å². The minimum atomic E-state index is -4.96. The van der Waals surface area contributed by atoms with Gasteiger partial charge >= 0.3 is 39.5 Å². The highest BCUT2D eigenvalue weighted by Crippen LogP contribution is 2.45. The number of carbonyl (C=O) groups is 4. The van der Waals surface area contributed by atoms with Crippen molar-refractivity contribution in [2.24, 2.45) is 5.92 Å². The van der Waals surface area contributed by atoms with Crippen molar-refractivity contribution in [3.63, 3.8) is 0 Å². The Morgan fingerprint density at radius 3 is 0.680 bits per heavy atom. The van der Waals surface area contributed by atoms with Crippen LogP contribution in [0.25, 0.3) is 0 Å². The van der Waals surface area contributed by atoms with Crippen LogP contribution in [0.4, 0.5) is 0 Å². The number of hydrogen-bond acceptors (Lipinski definition) is 15. The van der Waals surface area contributed by atoms with Gasteiger partial charge in [-0.05, 0) is 31.6 Å². The number of aliphatic hydroxyl groups is 1. The fourth-order valence-electron chi connectivity index (χ4n) is 12.6. The summed E-state index contributed by atoms with van der Waals surface area (Å²) in [6, 6.07) is 0. The third-order valence-electron chi connectivity index (χ3n) is 19.0. The second kappa shape index (κ2) is 73.9. The van der Waals surface area contributed by atoms with Gasteiger partial charge in [0.25, 0.3) is 0 Å². The maximum atomic E-state index is 13.1. The molecular formula is C81H158O17P2. The van der Waals surface area contributed by atoms with Gasteiger partial charge in [0.15, 0.2) is 12.2 Å². The van der Waals surface area contributed by atoms with Gasteiger partial charge in [-0.15, -0.1) is 0 Å². The van der Waals surface area contributed by atoms with Gasteiger partial charge in [-0.25, -0.2) is 9.13 Å². The number of ether oxygens (including phenoxy) is 4. The van der Waals surface area contributed by atoms with Gasteiger partial charge in [-0.2, -0.15) is 0 Å². The zero-order valence-electron chi connectivity index (χ0n) is 65.3. The van der Waals surface area contributed by atoms with E-state index in [9.17, 15) is 43.2 Å². The number of phosphoric ester groups is 2. The van der Waals surface area contributed by atoms with Crippen LogP contribution in [-0.2, 0) is 65.4 Å². The Hall–Kier alpha value is -1.94. The molecule has 0 rings (SSSR count). The van der Waals surface area contributed by atoms with Gasteiger partial charge in [-0.1, -0.05) is 381 Å². The Morgan fingerprint density at radius 1 is 0.270 bits per heavy atom. The van der Waals surface area contributed by atoms with Crippen molar-refractivity contribution in [1.82, 2.24) is 0 Å². The molecule has 17 nitrogen and oxygen atoms in total. The molecule has 0 heterocycles. The lowest BCUT2D eigenvalue weighted by molar-refractivity contribution is -0.161. The molecule has 0 saturated carbocycles. The van der Waals surface area contributed by atoms with Crippen molar-refractivity contribution in [3.05, 3.63) is 0 Å². The average Bonchev–Trinajstić information content (AvgIpc) is 0.927. The van der Waals surface area contributed by atoms with E-state index < -0.39 is 97.5 Å². The first-order valence-corrected chi connectivity index (χ1v) is 45.1. The molecule has 0 aromatic rings. The van der Waals surface area contributed by atoms with Crippen molar-refractivity contribution in [2.45, 2.75) is 451 Å².